The summed E-state index contributed by atoms with van der Waals surface area (Å²) >= 11 is 2.75. The zero-order valence-corrected chi connectivity index (χ0v) is 13.0. The molecule has 0 spiro atoms. The Morgan fingerprint density at radius 3 is 2.80 bits per heavy atom. The molecule has 0 saturated carbocycles. The highest BCUT2D eigenvalue weighted by molar-refractivity contribution is 8.01. The summed E-state index contributed by atoms with van der Waals surface area (Å²) in [5, 5.41) is 10.7. The summed E-state index contributed by atoms with van der Waals surface area (Å²) in [4.78, 5) is 15.9. The second kappa shape index (κ2) is 6.23. The summed E-state index contributed by atoms with van der Waals surface area (Å²) < 4.78 is 6.24. The van der Waals surface area contributed by atoms with Gasteiger partial charge in [0.05, 0.1) is 15.7 Å². The van der Waals surface area contributed by atoms with E-state index < -0.39 is 0 Å². The second-order valence-electron chi connectivity index (χ2n) is 4.36. The van der Waals surface area contributed by atoms with E-state index in [4.69, 9.17) is 10.2 Å². The summed E-state index contributed by atoms with van der Waals surface area (Å²) in [5.74, 6) is 0.659. The first-order valence-corrected chi connectivity index (χ1v) is 7.75. The highest BCUT2D eigenvalue weighted by Crippen LogP contribution is 2.30. The number of thioether (sulfide) groups is 1. The van der Waals surface area contributed by atoms with Crippen molar-refractivity contribution >= 4 is 40.2 Å². The Kier molecular flexibility index (Phi) is 4.61. The molecule has 7 nitrogen and oxygen atoms in total. The zero-order valence-electron chi connectivity index (χ0n) is 11.3. The van der Waals surface area contributed by atoms with Gasteiger partial charge in [-0.2, -0.15) is 0 Å². The number of anilines is 2. The lowest BCUT2D eigenvalue weighted by Crippen LogP contribution is -2.14. The molecule has 0 unspecified atom stereocenters. The molecule has 9 heteroatoms. The summed E-state index contributed by atoms with van der Waals surface area (Å²) in [7, 11) is 0. The first-order chi connectivity index (χ1) is 9.45. The molecule has 0 aliphatic heterocycles. The van der Waals surface area contributed by atoms with Gasteiger partial charge in [0, 0.05) is 5.92 Å². The molecule has 1 amide bonds. The van der Waals surface area contributed by atoms with Crippen molar-refractivity contribution in [3.05, 3.63) is 11.6 Å². The number of rotatable bonds is 5. The Hall–Kier alpha value is -1.61. The van der Waals surface area contributed by atoms with Gasteiger partial charge in [0.2, 0.25) is 11.8 Å². The Bertz CT molecular complexity index is 608. The lowest BCUT2D eigenvalue weighted by molar-refractivity contribution is -0.113. The van der Waals surface area contributed by atoms with Crippen LogP contribution in [-0.2, 0) is 4.79 Å². The third kappa shape index (κ3) is 3.70. The van der Waals surface area contributed by atoms with Gasteiger partial charge in [0.15, 0.2) is 5.13 Å². The van der Waals surface area contributed by atoms with Gasteiger partial charge in [0.25, 0.3) is 0 Å². The minimum absolute atomic E-state index is 0.125. The fourth-order valence-electron chi connectivity index (χ4n) is 1.34. The average Bonchev–Trinajstić information content (AvgIpc) is 2.94. The Labute approximate surface area is 124 Å². The molecule has 2 aromatic rings. The number of hydrogen-bond donors (Lipinski definition) is 2. The topological polar surface area (TPSA) is 107 Å². The molecule has 0 aliphatic carbocycles. The fraction of sp³-hybridized carbons (Fsp3) is 0.455. The van der Waals surface area contributed by atoms with E-state index in [0.717, 1.165) is 9.90 Å². The largest absolute Gasteiger partial charge is 0.408 e. The van der Waals surface area contributed by atoms with Crippen LogP contribution >= 0.6 is 23.1 Å². The minimum atomic E-state index is -0.208. The van der Waals surface area contributed by atoms with Crippen molar-refractivity contribution in [2.75, 3.05) is 16.8 Å². The third-order valence-electron chi connectivity index (χ3n) is 2.29. The number of aromatic nitrogens is 3. The molecular formula is C11H15N5O2S2. The molecule has 108 valence electrons. The number of nitrogens with one attached hydrogen (secondary N) is 1. The zero-order chi connectivity index (χ0) is 14.7. The Balaban J connectivity index is 1.87. The molecule has 2 rings (SSSR count). The van der Waals surface area contributed by atoms with Crippen LogP contribution in [0.1, 0.15) is 31.4 Å². The van der Waals surface area contributed by atoms with Crippen molar-refractivity contribution in [1.29, 1.82) is 0 Å². The molecule has 2 heterocycles. The molecule has 2 aromatic heterocycles. The summed E-state index contributed by atoms with van der Waals surface area (Å²) in [6.45, 7) is 5.73. The molecule has 0 bridgehead atoms. The van der Waals surface area contributed by atoms with E-state index in [2.05, 4.69) is 20.5 Å². The van der Waals surface area contributed by atoms with Crippen LogP contribution < -0.4 is 11.1 Å². The second-order valence-corrected chi connectivity index (χ2v) is 6.64. The first kappa shape index (κ1) is 14.8. The van der Waals surface area contributed by atoms with Gasteiger partial charge in [-0.1, -0.05) is 30.3 Å². The average molecular weight is 313 g/mol. The summed E-state index contributed by atoms with van der Waals surface area (Å²) in [5.41, 5.74) is 6.44. The lowest BCUT2D eigenvalue weighted by atomic mass is 10.2. The number of nitrogens with two attached hydrogens (primary N) is 1. The van der Waals surface area contributed by atoms with Crippen LogP contribution in [0.2, 0.25) is 0 Å². The fourth-order valence-corrected chi connectivity index (χ4v) is 3.16. The number of nitrogens with zero attached hydrogens (tertiary/aromatic N) is 3. The van der Waals surface area contributed by atoms with E-state index in [1.165, 1.54) is 23.1 Å². The smallest absolute Gasteiger partial charge is 0.322 e. The number of aryl methyl sites for hydroxylation is 1. The summed E-state index contributed by atoms with van der Waals surface area (Å²) in [6.07, 6.45) is 0. The minimum Gasteiger partial charge on any atom is -0.408 e. The monoisotopic (exact) mass is 313 g/mol. The van der Waals surface area contributed by atoms with Crippen molar-refractivity contribution in [3.63, 3.8) is 0 Å². The molecular weight excluding hydrogens is 298 g/mol. The van der Waals surface area contributed by atoms with E-state index >= 15 is 0 Å². The van der Waals surface area contributed by atoms with E-state index in [0.29, 0.717) is 11.0 Å². The van der Waals surface area contributed by atoms with Crippen molar-refractivity contribution in [2.24, 2.45) is 0 Å². The third-order valence-corrected chi connectivity index (χ3v) is 4.63. The van der Waals surface area contributed by atoms with E-state index in [-0.39, 0.29) is 23.6 Å². The van der Waals surface area contributed by atoms with Crippen LogP contribution in [0.3, 0.4) is 0 Å². The first-order valence-electron chi connectivity index (χ1n) is 5.94. The summed E-state index contributed by atoms with van der Waals surface area (Å²) in [6, 6.07) is 0.125. The highest BCUT2D eigenvalue weighted by Gasteiger charge is 2.13. The normalized spacial score (nSPS) is 11.0. The van der Waals surface area contributed by atoms with E-state index in [1.807, 2.05) is 20.8 Å². The molecule has 0 radical (unpaired) electrons. The van der Waals surface area contributed by atoms with Gasteiger partial charge in [-0.05, 0) is 6.92 Å². The van der Waals surface area contributed by atoms with Gasteiger partial charge in [-0.25, -0.2) is 4.98 Å². The highest BCUT2D eigenvalue weighted by atomic mass is 32.2. The van der Waals surface area contributed by atoms with Gasteiger partial charge < -0.3 is 10.2 Å². The van der Waals surface area contributed by atoms with Crippen LogP contribution in [0.15, 0.2) is 8.63 Å². The molecule has 20 heavy (non-hydrogen) atoms. The van der Waals surface area contributed by atoms with Gasteiger partial charge in [0.1, 0.15) is 0 Å². The van der Waals surface area contributed by atoms with Crippen LogP contribution in [0.4, 0.5) is 11.1 Å². The van der Waals surface area contributed by atoms with Gasteiger partial charge in [-0.3, -0.25) is 10.1 Å². The number of hydrogen-bond acceptors (Lipinski definition) is 8. The van der Waals surface area contributed by atoms with Crippen molar-refractivity contribution in [2.45, 2.75) is 30.9 Å². The molecule has 0 aromatic carbocycles. The predicted octanol–water partition coefficient (Wildman–Crippen LogP) is 2.27. The quantitative estimate of drug-likeness (QED) is 0.815. The molecule has 0 aliphatic rings. The number of nitrogen functional groups attached to an aromatic ring is 1. The number of thiazole rings is 1. The molecule has 0 atom stereocenters. The van der Waals surface area contributed by atoms with Crippen molar-refractivity contribution in [3.8, 4) is 0 Å². The maximum absolute atomic E-state index is 11.8. The van der Waals surface area contributed by atoms with Gasteiger partial charge in [-0.15, -0.1) is 16.9 Å². The van der Waals surface area contributed by atoms with Crippen LogP contribution in [-0.4, -0.2) is 26.8 Å². The van der Waals surface area contributed by atoms with Crippen molar-refractivity contribution < 1.29 is 9.21 Å². The van der Waals surface area contributed by atoms with E-state index in [9.17, 15) is 4.79 Å². The molecule has 3 N–H and O–H groups in total. The van der Waals surface area contributed by atoms with Crippen molar-refractivity contribution in [1.82, 2.24) is 15.2 Å². The predicted molar refractivity (Wildman–Crippen MR) is 79.0 cm³/mol. The van der Waals surface area contributed by atoms with Gasteiger partial charge >= 0.3 is 6.01 Å². The van der Waals surface area contributed by atoms with Crippen LogP contribution in [0.5, 0.6) is 0 Å². The number of carbonyl (C=O) groups is 1. The SMILES string of the molecule is Cc1nc(N)sc1SCC(=O)Nc1nnc(C(C)C)o1. The molecule has 0 fully saturated rings. The molecule has 0 saturated heterocycles. The maximum Gasteiger partial charge on any atom is 0.322 e. The van der Waals surface area contributed by atoms with Crippen LogP contribution in [0.25, 0.3) is 0 Å². The lowest BCUT2D eigenvalue weighted by Gasteiger charge is -2.00. The Morgan fingerprint density at radius 1 is 1.50 bits per heavy atom. The Morgan fingerprint density at radius 2 is 2.25 bits per heavy atom. The maximum atomic E-state index is 11.8. The van der Waals surface area contributed by atoms with E-state index in [1.54, 1.807) is 0 Å². The van der Waals surface area contributed by atoms with Crippen LogP contribution in [0, 0.1) is 6.92 Å². The number of carbonyl (C=O) groups excluding carboxylic acids is 1. The standard InChI is InChI=1S/C11H15N5O2S2/c1-5(2)8-15-16-11(18-8)14-7(17)4-19-9-6(3)13-10(12)20-9/h5H,4H2,1-3H3,(H2,12,13)(H,14,16,17). The number of amides is 1.